The number of hydrogen-bond acceptors (Lipinski definition) is 4. The van der Waals surface area contributed by atoms with E-state index in [0.717, 1.165) is 4.90 Å². The maximum Gasteiger partial charge on any atom is 0.411 e. The minimum Gasteiger partial charge on any atom is -0.465 e. The van der Waals surface area contributed by atoms with Crippen LogP contribution in [0.1, 0.15) is 10.5 Å². The molecule has 2 aromatic carbocycles. The lowest BCUT2D eigenvalue weighted by molar-refractivity contribution is 0.0988. The van der Waals surface area contributed by atoms with E-state index in [4.69, 9.17) is 11.6 Å². The normalized spacial score (nSPS) is 10.9. The number of hydrogen-bond donors (Lipinski definition) is 1. The molecule has 4 rings (SSSR count). The highest BCUT2D eigenvalue weighted by Crippen LogP contribution is 2.28. The van der Waals surface area contributed by atoms with E-state index in [1.807, 2.05) is 0 Å². The van der Waals surface area contributed by atoms with Crippen molar-refractivity contribution in [2.24, 2.45) is 0 Å². The van der Waals surface area contributed by atoms with Crippen LogP contribution < -0.4 is 9.80 Å². The molecule has 2 amide bonds. The minimum absolute atomic E-state index is 0.150. The highest BCUT2D eigenvalue weighted by molar-refractivity contribution is 6.30. The van der Waals surface area contributed by atoms with E-state index >= 15 is 0 Å². The van der Waals surface area contributed by atoms with Gasteiger partial charge in [-0.15, -0.1) is 0 Å². The Morgan fingerprint density at radius 3 is 2.28 bits per heavy atom. The van der Waals surface area contributed by atoms with Gasteiger partial charge < -0.3 is 10.0 Å². The lowest BCUT2D eigenvalue weighted by Crippen LogP contribution is -2.28. The molecule has 4 aromatic rings. The van der Waals surface area contributed by atoms with Gasteiger partial charge in [0.05, 0.1) is 11.9 Å². The molecule has 0 saturated carbocycles. The van der Waals surface area contributed by atoms with Gasteiger partial charge in [-0.25, -0.2) is 19.2 Å². The molecule has 0 aliphatic carbocycles. The molecule has 0 aliphatic heterocycles. The van der Waals surface area contributed by atoms with Crippen molar-refractivity contribution in [1.82, 2.24) is 14.4 Å². The molecule has 0 saturated heterocycles. The average molecular weight is 454 g/mol. The molecule has 1 N–H and O–H groups in total. The van der Waals surface area contributed by atoms with Crippen molar-refractivity contribution < 1.29 is 19.1 Å². The van der Waals surface area contributed by atoms with Gasteiger partial charge in [-0.2, -0.15) is 0 Å². The molecule has 2 heterocycles. The van der Waals surface area contributed by atoms with Gasteiger partial charge in [-0.3, -0.25) is 14.1 Å². The number of imidazole rings is 1. The van der Waals surface area contributed by atoms with Crippen molar-refractivity contribution in [2.45, 2.75) is 0 Å². The van der Waals surface area contributed by atoms with Crippen LogP contribution >= 0.6 is 11.6 Å². The summed E-state index contributed by atoms with van der Waals surface area (Å²) in [6, 6.07) is 12.3. The number of nitrogens with zero attached hydrogens (tertiary/aromatic N) is 5. The number of amides is 2. The first kappa shape index (κ1) is 21.3. The second-order valence-electron chi connectivity index (χ2n) is 6.98. The number of halogens is 2. The van der Waals surface area contributed by atoms with E-state index in [-0.39, 0.29) is 17.2 Å². The molecule has 10 heteroatoms. The number of rotatable bonds is 4. The monoisotopic (exact) mass is 453 g/mol. The lowest BCUT2D eigenvalue weighted by Gasteiger charge is -2.18. The number of anilines is 2. The van der Waals surface area contributed by atoms with Crippen LogP contribution in [0.3, 0.4) is 0 Å². The van der Waals surface area contributed by atoms with Crippen LogP contribution in [0.4, 0.5) is 20.6 Å². The van der Waals surface area contributed by atoms with Crippen molar-refractivity contribution >= 4 is 40.8 Å². The summed E-state index contributed by atoms with van der Waals surface area (Å²) in [5, 5.41) is 9.84. The molecular weight excluding hydrogens is 437 g/mol. The van der Waals surface area contributed by atoms with Crippen LogP contribution in [-0.4, -0.2) is 45.6 Å². The first-order valence-electron chi connectivity index (χ1n) is 9.40. The standard InChI is InChI=1S/C22H17ClFN5O3/c1-27(16-9-5-14(23)6-10-16)20(30)19-18(13-3-7-15(24)8-4-13)26-21-25-11-17(12-29(19)21)28(2)22(31)32/h3-12H,1-2H3,(H,31,32). The largest absolute Gasteiger partial charge is 0.465 e. The number of benzene rings is 2. The zero-order chi connectivity index (χ0) is 23.0. The number of carboxylic acid groups (broad SMARTS) is 1. The second-order valence-corrected chi connectivity index (χ2v) is 7.42. The maximum absolute atomic E-state index is 13.6. The summed E-state index contributed by atoms with van der Waals surface area (Å²) < 4.78 is 14.9. The fourth-order valence-corrected chi connectivity index (χ4v) is 3.29. The highest BCUT2D eigenvalue weighted by atomic mass is 35.5. The molecule has 32 heavy (non-hydrogen) atoms. The van der Waals surface area contributed by atoms with Crippen molar-refractivity contribution in [3.05, 3.63) is 77.5 Å². The quantitative estimate of drug-likeness (QED) is 0.488. The highest BCUT2D eigenvalue weighted by Gasteiger charge is 2.26. The Balaban J connectivity index is 1.91. The SMILES string of the molecule is CN(C(=O)O)c1cnc2nc(-c3ccc(F)cc3)c(C(=O)N(C)c3ccc(Cl)cc3)n2c1. The Kier molecular flexibility index (Phi) is 5.50. The Morgan fingerprint density at radius 1 is 1.00 bits per heavy atom. The maximum atomic E-state index is 13.6. The van der Waals surface area contributed by atoms with Crippen molar-refractivity contribution in [1.29, 1.82) is 0 Å². The molecule has 0 radical (unpaired) electrons. The summed E-state index contributed by atoms with van der Waals surface area (Å²) in [4.78, 5) is 36.0. The predicted octanol–water partition coefficient (Wildman–Crippen LogP) is 4.58. The van der Waals surface area contributed by atoms with Crippen LogP contribution in [0.2, 0.25) is 5.02 Å². The average Bonchev–Trinajstić information content (AvgIpc) is 3.17. The first-order valence-corrected chi connectivity index (χ1v) is 9.78. The van der Waals surface area contributed by atoms with Gasteiger partial charge in [0, 0.05) is 36.6 Å². The topological polar surface area (TPSA) is 91.0 Å². The van der Waals surface area contributed by atoms with E-state index in [9.17, 15) is 19.1 Å². The number of carbonyl (C=O) groups is 2. The van der Waals surface area contributed by atoms with Crippen molar-refractivity contribution in [3.8, 4) is 11.3 Å². The molecule has 0 bridgehead atoms. The fourth-order valence-electron chi connectivity index (χ4n) is 3.16. The molecule has 8 nitrogen and oxygen atoms in total. The summed E-state index contributed by atoms with van der Waals surface area (Å²) >= 11 is 5.96. The summed E-state index contributed by atoms with van der Waals surface area (Å²) in [5.41, 5.74) is 1.79. The fraction of sp³-hybridized carbons (Fsp3) is 0.0909. The summed E-state index contributed by atoms with van der Waals surface area (Å²) in [5.74, 6) is -0.650. The van der Waals surface area contributed by atoms with Gasteiger partial charge in [-0.05, 0) is 48.5 Å². The number of fused-ring (bicyclic) bond motifs is 1. The predicted molar refractivity (Wildman–Crippen MR) is 119 cm³/mol. The molecule has 0 atom stereocenters. The molecular formula is C22H17ClFN5O3. The third-order valence-electron chi connectivity index (χ3n) is 4.98. The Morgan fingerprint density at radius 2 is 1.66 bits per heavy atom. The van der Waals surface area contributed by atoms with Crippen molar-refractivity contribution in [3.63, 3.8) is 0 Å². The van der Waals surface area contributed by atoms with E-state index in [1.54, 1.807) is 31.3 Å². The first-order chi connectivity index (χ1) is 15.3. The van der Waals surface area contributed by atoms with Gasteiger partial charge >= 0.3 is 6.09 Å². The van der Waals surface area contributed by atoms with Crippen LogP contribution in [-0.2, 0) is 0 Å². The molecule has 0 spiro atoms. The van der Waals surface area contributed by atoms with Gasteiger partial charge in [-0.1, -0.05) is 11.6 Å². The Bertz CT molecular complexity index is 1320. The summed E-state index contributed by atoms with van der Waals surface area (Å²) in [6.45, 7) is 0. The van der Waals surface area contributed by atoms with Crippen LogP contribution in [0.25, 0.3) is 17.0 Å². The smallest absolute Gasteiger partial charge is 0.411 e. The van der Waals surface area contributed by atoms with Crippen molar-refractivity contribution in [2.75, 3.05) is 23.9 Å². The zero-order valence-corrected chi connectivity index (χ0v) is 17.8. The van der Waals surface area contributed by atoms with Crippen LogP contribution in [0, 0.1) is 5.82 Å². The Labute approximate surface area is 187 Å². The molecule has 0 fully saturated rings. The van der Waals surface area contributed by atoms with Gasteiger partial charge in [0.25, 0.3) is 5.91 Å². The van der Waals surface area contributed by atoms with E-state index < -0.39 is 17.8 Å². The Hall–Kier alpha value is -3.98. The third-order valence-corrected chi connectivity index (χ3v) is 5.23. The molecule has 2 aromatic heterocycles. The van der Waals surface area contributed by atoms with Gasteiger partial charge in [0.15, 0.2) is 0 Å². The van der Waals surface area contributed by atoms with E-state index in [2.05, 4.69) is 9.97 Å². The van der Waals surface area contributed by atoms with Gasteiger partial charge in [0.1, 0.15) is 17.2 Å². The molecule has 0 aliphatic rings. The van der Waals surface area contributed by atoms with E-state index in [1.165, 1.54) is 53.0 Å². The van der Waals surface area contributed by atoms with Crippen LogP contribution in [0.5, 0.6) is 0 Å². The summed E-state index contributed by atoms with van der Waals surface area (Å²) in [6.07, 6.45) is 1.64. The summed E-state index contributed by atoms with van der Waals surface area (Å²) in [7, 11) is 2.96. The molecule has 162 valence electrons. The minimum atomic E-state index is -1.18. The third kappa shape index (κ3) is 3.85. The molecule has 0 unspecified atom stereocenters. The van der Waals surface area contributed by atoms with Crippen LogP contribution in [0.15, 0.2) is 60.9 Å². The second kappa shape index (κ2) is 8.27. The number of aromatic nitrogens is 3. The number of carbonyl (C=O) groups excluding carboxylic acids is 1. The zero-order valence-electron chi connectivity index (χ0n) is 17.0. The lowest BCUT2D eigenvalue weighted by atomic mass is 10.1. The van der Waals surface area contributed by atoms with Gasteiger partial charge in [0.2, 0.25) is 5.78 Å². The van der Waals surface area contributed by atoms with E-state index in [0.29, 0.717) is 22.0 Å².